The third kappa shape index (κ3) is 5.82. The number of urea groups is 1. The summed E-state index contributed by atoms with van der Waals surface area (Å²) in [4.78, 5) is 25.8. The molecule has 2 rings (SSSR count). The number of amides is 3. The van der Waals surface area contributed by atoms with Gasteiger partial charge in [-0.2, -0.15) is 0 Å². The van der Waals surface area contributed by atoms with Crippen LogP contribution in [0.3, 0.4) is 0 Å². The van der Waals surface area contributed by atoms with Crippen LogP contribution in [-0.2, 0) is 9.53 Å². The molecule has 7 nitrogen and oxygen atoms in total. The average Bonchev–Trinajstić information content (AvgIpc) is 2.58. The zero-order chi connectivity index (χ0) is 17.4. The Morgan fingerprint density at radius 1 is 1.21 bits per heavy atom. The largest absolute Gasteiger partial charge is 0.379 e. The van der Waals surface area contributed by atoms with Crippen LogP contribution in [0.15, 0.2) is 18.2 Å². The number of carbonyl (C=O) groups excluding carboxylic acids is 2. The first-order chi connectivity index (χ1) is 11.6. The molecule has 0 radical (unpaired) electrons. The van der Waals surface area contributed by atoms with Crippen LogP contribution in [0.25, 0.3) is 0 Å². The van der Waals surface area contributed by atoms with Crippen LogP contribution in [0.4, 0.5) is 16.2 Å². The molecule has 1 aliphatic rings. The molecule has 1 fully saturated rings. The molecule has 1 aliphatic heterocycles. The summed E-state index contributed by atoms with van der Waals surface area (Å²) in [5.41, 5.74) is 2.30. The highest BCUT2D eigenvalue weighted by Crippen LogP contribution is 2.20. The van der Waals surface area contributed by atoms with Crippen molar-refractivity contribution in [2.75, 3.05) is 50.0 Å². The van der Waals surface area contributed by atoms with E-state index in [1.165, 1.54) is 0 Å². The van der Waals surface area contributed by atoms with Crippen molar-refractivity contribution in [1.82, 2.24) is 10.2 Å². The molecule has 0 bridgehead atoms. The van der Waals surface area contributed by atoms with Crippen molar-refractivity contribution in [3.63, 3.8) is 0 Å². The van der Waals surface area contributed by atoms with Gasteiger partial charge < -0.3 is 20.7 Å². The highest BCUT2D eigenvalue weighted by Gasteiger charge is 2.11. The van der Waals surface area contributed by atoms with E-state index in [0.29, 0.717) is 24.3 Å². The predicted molar refractivity (Wildman–Crippen MR) is 94.4 cm³/mol. The first-order valence-electron chi connectivity index (χ1n) is 8.34. The van der Waals surface area contributed by atoms with E-state index in [2.05, 4.69) is 20.9 Å². The van der Waals surface area contributed by atoms with Gasteiger partial charge in [-0.1, -0.05) is 13.0 Å². The second-order valence-electron chi connectivity index (χ2n) is 5.77. The molecule has 0 aliphatic carbocycles. The monoisotopic (exact) mass is 334 g/mol. The fraction of sp³-hybridized carbons (Fsp3) is 0.529. The van der Waals surface area contributed by atoms with Crippen molar-refractivity contribution < 1.29 is 14.3 Å². The number of aryl methyl sites for hydroxylation is 1. The Labute approximate surface area is 142 Å². The first-order valence-corrected chi connectivity index (χ1v) is 8.34. The lowest BCUT2D eigenvalue weighted by atomic mass is 10.2. The Balaban J connectivity index is 1.81. The molecule has 3 N–H and O–H groups in total. The highest BCUT2D eigenvalue weighted by atomic mass is 16.5. The summed E-state index contributed by atoms with van der Waals surface area (Å²) in [7, 11) is 0. The molecule has 0 unspecified atom stereocenters. The van der Waals surface area contributed by atoms with Gasteiger partial charge in [-0.3, -0.25) is 9.69 Å². The predicted octanol–water partition coefficient (Wildman–Crippen LogP) is 1.80. The normalized spacial score (nSPS) is 14.9. The summed E-state index contributed by atoms with van der Waals surface area (Å²) < 4.78 is 5.29. The lowest BCUT2D eigenvalue weighted by Gasteiger charge is -2.26. The number of benzene rings is 1. The van der Waals surface area contributed by atoms with Crippen LogP contribution in [0.1, 0.15) is 18.9 Å². The van der Waals surface area contributed by atoms with Gasteiger partial charge in [0.25, 0.3) is 0 Å². The molecule has 132 valence electrons. The molecule has 0 saturated carbocycles. The Kier molecular flexibility index (Phi) is 7.02. The van der Waals surface area contributed by atoms with Gasteiger partial charge in [0, 0.05) is 44.0 Å². The molecule has 1 aromatic rings. The molecule has 0 aromatic heterocycles. The molecule has 1 aromatic carbocycles. The smallest absolute Gasteiger partial charge is 0.319 e. The van der Waals surface area contributed by atoms with Crippen LogP contribution < -0.4 is 16.0 Å². The summed E-state index contributed by atoms with van der Waals surface area (Å²) in [5, 5.41) is 8.48. The van der Waals surface area contributed by atoms with E-state index in [4.69, 9.17) is 4.74 Å². The summed E-state index contributed by atoms with van der Waals surface area (Å²) in [6.07, 6.45) is 0.415. The van der Waals surface area contributed by atoms with Crippen molar-refractivity contribution in [2.24, 2.45) is 0 Å². The van der Waals surface area contributed by atoms with Gasteiger partial charge in [0.1, 0.15) is 0 Å². The van der Waals surface area contributed by atoms with Crippen LogP contribution in [0.5, 0.6) is 0 Å². The van der Waals surface area contributed by atoms with Gasteiger partial charge in [-0.05, 0) is 24.6 Å². The van der Waals surface area contributed by atoms with Gasteiger partial charge in [-0.15, -0.1) is 0 Å². The molecular formula is C17H26N4O3. The van der Waals surface area contributed by atoms with Crippen molar-refractivity contribution in [3.8, 4) is 0 Å². The number of nitrogens with zero attached hydrogens (tertiary/aromatic N) is 1. The Bertz CT molecular complexity index is 571. The first kappa shape index (κ1) is 18.2. The molecule has 0 atom stereocenters. The van der Waals surface area contributed by atoms with Gasteiger partial charge in [0.2, 0.25) is 5.91 Å². The maximum atomic E-state index is 12.0. The molecule has 0 spiro atoms. The van der Waals surface area contributed by atoms with E-state index in [9.17, 15) is 9.59 Å². The molecule has 1 saturated heterocycles. The van der Waals surface area contributed by atoms with Gasteiger partial charge in [-0.25, -0.2) is 4.79 Å². The number of hydrogen-bond acceptors (Lipinski definition) is 4. The highest BCUT2D eigenvalue weighted by molar-refractivity contribution is 5.94. The number of carbonyl (C=O) groups is 2. The third-order valence-corrected chi connectivity index (χ3v) is 3.91. The van der Waals surface area contributed by atoms with Crippen molar-refractivity contribution in [2.45, 2.75) is 20.3 Å². The van der Waals surface area contributed by atoms with E-state index in [-0.39, 0.29) is 11.9 Å². The number of anilines is 2. The summed E-state index contributed by atoms with van der Waals surface area (Å²) in [6, 6.07) is 5.22. The lowest BCUT2D eigenvalue weighted by molar-refractivity contribution is -0.115. The minimum Gasteiger partial charge on any atom is -0.379 e. The summed E-state index contributed by atoms with van der Waals surface area (Å²) >= 11 is 0. The number of ether oxygens (including phenoxy) is 1. The molecule has 1 heterocycles. The number of hydrogen-bond donors (Lipinski definition) is 3. The minimum atomic E-state index is -0.245. The maximum absolute atomic E-state index is 12.0. The lowest BCUT2D eigenvalue weighted by Crippen LogP contribution is -2.42. The van der Waals surface area contributed by atoms with Crippen molar-refractivity contribution >= 4 is 23.3 Å². The van der Waals surface area contributed by atoms with Crippen LogP contribution in [-0.4, -0.2) is 56.2 Å². The van der Waals surface area contributed by atoms with E-state index < -0.39 is 0 Å². The summed E-state index contributed by atoms with van der Waals surface area (Å²) in [5.74, 6) is -0.0558. The summed E-state index contributed by atoms with van der Waals surface area (Å²) in [6.45, 7) is 8.41. The fourth-order valence-corrected chi connectivity index (χ4v) is 2.40. The average molecular weight is 334 g/mol. The SMILES string of the molecule is CCC(=O)Nc1ccc(C)c(NC(=O)NCCN2CCOCC2)c1. The zero-order valence-corrected chi connectivity index (χ0v) is 14.4. The van der Waals surface area contributed by atoms with Crippen molar-refractivity contribution in [3.05, 3.63) is 23.8 Å². The van der Waals surface area contributed by atoms with E-state index in [1.54, 1.807) is 13.0 Å². The molecular weight excluding hydrogens is 308 g/mol. The number of nitrogens with one attached hydrogen (secondary N) is 3. The molecule has 3 amide bonds. The van der Waals surface area contributed by atoms with E-state index in [1.807, 2.05) is 19.1 Å². The Morgan fingerprint density at radius 2 is 1.96 bits per heavy atom. The minimum absolute atomic E-state index is 0.0558. The van der Waals surface area contributed by atoms with Crippen LogP contribution in [0, 0.1) is 6.92 Å². The van der Waals surface area contributed by atoms with E-state index >= 15 is 0 Å². The van der Waals surface area contributed by atoms with E-state index in [0.717, 1.165) is 38.4 Å². The van der Waals surface area contributed by atoms with Crippen molar-refractivity contribution in [1.29, 1.82) is 0 Å². The second kappa shape index (κ2) is 9.24. The standard InChI is InChI=1S/C17H26N4O3/c1-3-16(22)19-14-5-4-13(2)15(12-14)20-17(23)18-6-7-21-8-10-24-11-9-21/h4-5,12H,3,6-11H2,1-2H3,(H,19,22)(H2,18,20,23). The quantitative estimate of drug-likeness (QED) is 0.741. The van der Waals surface area contributed by atoms with Gasteiger partial charge >= 0.3 is 6.03 Å². The second-order valence-corrected chi connectivity index (χ2v) is 5.77. The van der Waals surface area contributed by atoms with Gasteiger partial charge in [0.15, 0.2) is 0 Å². The Morgan fingerprint density at radius 3 is 2.67 bits per heavy atom. The molecule has 7 heteroatoms. The van der Waals surface area contributed by atoms with Crippen LogP contribution >= 0.6 is 0 Å². The van der Waals surface area contributed by atoms with Crippen LogP contribution in [0.2, 0.25) is 0 Å². The topological polar surface area (TPSA) is 82.7 Å². The Hall–Kier alpha value is -2.12. The van der Waals surface area contributed by atoms with Gasteiger partial charge in [0.05, 0.1) is 13.2 Å². The number of rotatable bonds is 6. The zero-order valence-electron chi connectivity index (χ0n) is 14.4. The third-order valence-electron chi connectivity index (χ3n) is 3.91. The maximum Gasteiger partial charge on any atom is 0.319 e. The number of morpholine rings is 1. The molecule has 24 heavy (non-hydrogen) atoms. The fourth-order valence-electron chi connectivity index (χ4n) is 2.40.